The molecule has 0 unspecified atom stereocenters. The molecular weight excluding hydrogens is 327 g/mol. The van der Waals surface area contributed by atoms with E-state index >= 15 is 0 Å². The van der Waals surface area contributed by atoms with Crippen molar-refractivity contribution < 1.29 is 22.5 Å². The van der Waals surface area contributed by atoms with Crippen molar-refractivity contribution >= 4 is 45.6 Å². The Hall–Kier alpha value is 0.380. The van der Waals surface area contributed by atoms with E-state index in [9.17, 15) is 13.2 Å². The van der Waals surface area contributed by atoms with Crippen molar-refractivity contribution in [2.24, 2.45) is 0 Å². The Bertz CT molecular complexity index is 371. The van der Waals surface area contributed by atoms with Gasteiger partial charge in [-0.05, 0) is 6.42 Å². The zero-order valence-corrected chi connectivity index (χ0v) is 14.7. The van der Waals surface area contributed by atoms with Gasteiger partial charge in [0.25, 0.3) is 0 Å². The van der Waals surface area contributed by atoms with Gasteiger partial charge >= 0.3 is 45.6 Å². The molecule has 23 heavy (non-hydrogen) atoms. The first-order chi connectivity index (χ1) is 10.5. The summed E-state index contributed by atoms with van der Waals surface area (Å²) in [6, 6.07) is 0. The van der Waals surface area contributed by atoms with E-state index in [1.54, 1.807) is 0 Å². The Morgan fingerprint density at radius 2 is 1.30 bits per heavy atom. The topological polar surface area (TPSA) is 80.7 Å². The summed E-state index contributed by atoms with van der Waals surface area (Å²) in [7, 11) is -3.89. The van der Waals surface area contributed by atoms with E-state index in [4.69, 9.17) is 5.11 Å². The first-order valence-corrected chi connectivity index (χ1v) is 10.2. The molecule has 0 saturated heterocycles. The molecule has 0 amide bonds. The number of unbranched alkanes of at least 4 members (excludes halogenated alkanes) is 10. The van der Waals surface area contributed by atoms with Gasteiger partial charge in [0, 0.05) is 6.42 Å². The molecule has 0 heterocycles. The summed E-state index contributed by atoms with van der Waals surface area (Å²) in [4.78, 5) is 11.3. The number of hydrogen-bond donors (Lipinski definition) is 1. The normalized spacial score (nSPS) is 11.0. The Morgan fingerprint density at radius 1 is 0.870 bits per heavy atom. The molecule has 0 saturated carbocycles. The fourth-order valence-electron chi connectivity index (χ4n) is 2.27. The molecule has 0 bridgehead atoms. The Kier molecular flexibility index (Phi) is 19.2. The van der Waals surface area contributed by atoms with Crippen molar-refractivity contribution in [1.29, 1.82) is 0 Å². The zero-order chi connectivity index (χ0) is 16.7. The van der Waals surface area contributed by atoms with Crippen molar-refractivity contribution in [3.8, 4) is 0 Å². The molecule has 0 atom stereocenters. The Balaban J connectivity index is 0. The van der Waals surface area contributed by atoms with E-state index in [0.29, 0.717) is 6.42 Å². The Labute approximate surface area is 164 Å². The first-order valence-electron chi connectivity index (χ1n) is 8.57. The van der Waals surface area contributed by atoms with Gasteiger partial charge in [0.05, 0.1) is 6.61 Å². The Morgan fingerprint density at radius 3 is 1.74 bits per heavy atom. The summed E-state index contributed by atoms with van der Waals surface area (Å²) >= 11 is 0. The first kappa shape index (κ1) is 25.6. The third-order valence-electron chi connectivity index (χ3n) is 3.55. The minimum atomic E-state index is -3.89. The second kappa shape index (κ2) is 17.2. The fraction of sp³-hybridized carbons (Fsp3) is 0.938. The van der Waals surface area contributed by atoms with Gasteiger partial charge in [0.2, 0.25) is 0 Å². The minimum absolute atomic E-state index is 0. The van der Waals surface area contributed by atoms with Crippen LogP contribution in [0.3, 0.4) is 0 Å². The SMILES string of the molecule is CCCCCCCCCCCCCC(=O)OS(=O)(=O)CCO.[NaH]. The van der Waals surface area contributed by atoms with Crippen LogP contribution in [0.1, 0.15) is 84.0 Å². The third kappa shape index (κ3) is 18.6. The van der Waals surface area contributed by atoms with Crippen LogP contribution in [0.15, 0.2) is 0 Å². The van der Waals surface area contributed by atoms with E-state index in [2.05, 4.69) is 11.1 Å². The molecule has 0 fully saturated rings. The predicted octanol–water partition coefficient (Wildman–Crippen LogP) is 2.90. The second-order valence-corrected chi connectivity index (χ2v) is 7.42. The van der Waals surface area contributed by atoms with Gasteiger partial charge in [0.1, 0.15) is 5.75 Å². The number of aliphatic hydroxyl groups excluding tert-OH is 1. The summed E-state index contributed by atoms with van der Waals surface area (Å²) in [5.74, 6) is -1.25. The monoisotopic (exact) mass is 360 g/mol. The molecule has 0 rings (SSSR count). The van der Waals surface area contributed by atoms with Crippen LogP contribution in [-0.4, -0.2) is 61.4 Å². The van der Waals surface area contributed by atoms with Crippen LogP contribution in [0.4, 0.5) is 0 Å². The zero-order valence-electron chi connectivity index (χ0n) is 13.9. The van der Waals surface area contributed by atoms with Crippen LogP contribution in [0, 0.1) is 0 Å². The van der Waals surface area contributed by atoms with Crippen LogP contribution < -0.4 is 0 Å². The molecule has 5 nitrogen and oxygen atoms in total. The molecular formula is C16H33NaO5S. The average molecular weight is 360 g/mol. The summed E-state index contributed by atoms with van der Waals surface area (Å²) < 4.78 is 26.6. The van der Waals surface area contributed by atoms with Crippen LogP contribution in [0.2, 0.25) is 0 Å². The number of aliphatic hydroxyl groups is 1. The van der Waals surface area contributed by atoms with Gasteiger partial charge in [-0.3, -0.25) is 4.79 Å². The number of carbonyl (C=O) groups excluding carboxylic acids is 1. The summed E-state index contributed by atoms with van der Waals surface area (Å²) in [6.45, 7) is 1.69. The van der Waals surface area contributed by atoms with Crippen molar-refractivity contribution in [2.75, 3.05) is 12.4 Å². The quantitative estimate of drug-likeness (QED) is 0.276. The third-order valence-corrected chi connectivity index (χ3v) is 4.67. The van der Waals surface area contributed by atoms with E-state index in [0.717, 1.165) is 12.8 Å². The molecule has 0 spiro atoms. The second-order valence-electron chi connectivity index (χ2n) is 5.73. The summed E-state index contributed by atoms with van der Waals surface area (Å²) in [5.41, 5.74) is 0. The molecule has 7 heteroatoms. The molecule has 0 radical (unpaired) electrons. The molecule has 0 aliphatic rings. The van der Waals surface area contributed by atoms with Crippen LogP contribution >= 0.6 is 0 Å². The van der Waals surface area contributed by atoms with Crippen LogP contribution in [-0.2, 0) is 19.1 Å². The van der Waals surface area contributed by atoms with Crippen molar-refractivity contribution in [3.63, 3.8) is 0 Å². The average Bonchev–Trinajstić information content (AvgIpc) is 2.44. The van der Waals surface area contributed by atoms with Crippen molar-refractivity contribution in [2.45, 2.75) is 84.0 Å². The predicted molar refractivity (Wildman–Crippen MR) is 95.2 cm³/mol. The fourth-order valence-corrected chi connectivity index (χ4v) is 2.94. The van der Waals surface area contributed by atoms with Gasteiger partial charge in [-0.15, -0.1) is 0 Å². The molecule has 134 valence electrons. The van der Waals surface area contributed by atoms with Crippen molar-refractivity contribution in [3.05, 3.63) is 0 Å². The molecule has 0 aliphatic heterocycles. The molecule has 0 aromatic carbocycles. The van der Waals surface area contributed by atoms with Gasteiger partial charge in [-0.1, -0.05) is 71.1 Å². The molecule has 0 aromatic rings. The van der Waals surface area contributed by atoms with Gasteiger partial charge in [0.15, 0.2) is 0 Å². The van der Waals surface area contributed by atoms with E-state index in [1.165, 1.54) is 51.4 Å². The summed E-state index contributed by atoms with van der Waals surface area (Å²) in [6.07, 6.45) is 13.1. The van der Waals surface area contributed by atoms with E-state index in [-0.39, 0.29) is 36.0 Å². The molecule has 0 aliphatic carbocycles. The molecule has 0 aromatic heterocycles. The number of rotatable bonds is 15. The maximum atomic E-state index is 11.3. The molecule has 1 N–H and O–H groups in total. The maximum absolute atomic E-state index is 11.3. The van der Waals surface area contributed by atoms with Gasteiger partial charge in [-0.2, -0.15) is 8.42 Å². The van der Waals surface area contributed by atoms with Crippen molar-refractivity contribution in [1.82, 2.24) is 0 Å². The number of hydrogen-bond acceptors (Lipinski definition) is 5. The van der Waals surface area contributed by atoms with E-state index in [1.807, 2.05) is 0 Å². The standard InChI is InChI=1S/C16H32O5S.Na.H/c1-2-3-4-5-6-7-8-9-10-11-12-13-16(18)21-22(19,20)15-14-17;;/h17H,2-15H2,1H3;;. The summed E-state index contributed by atoms with van der Waals surface area (Å²) in [5, 5.41) is 8.52. The van der Waals surface area contributed by atoms with Crippen LogP contribution in [0.5, 0.6) is 0 Å². The van der Waals surface area contributed by atoms with E-state index < -0.39 is 28.4 Å². The number of carbonyl (C=O) groups is 1. The van der Waals surface area contributed by atoms with Gasteiger partial charge in [-0.25, -0.2) is 0 Å². The van der Waals surface area contributed by atoms with Crippen LogP contribution in [0.25, 0.3) is 0 Å². The van der Waals surface area contributed by atoms with Gasteiger partial charge < -0.3 is 9.29 Å².